The third kappa shape index (κ3) is 4.45. The number of hydrogen-bond donors (Lipinski definition) is 0. The highest BCUT2D eigenvalue weighted by Gasteiger charge is 2.31. The molecule has 0 spiro atoms. The second kappa shape index (κ2) is 9.70. The SMILES string of the molecule is CO[C@H](C(=O)N1CCN(C(c2ccccc2)c2ccccc2)CC1)c1ccccc1. The normalized spacial score (nSPS) is 15.9. The standard InChI is InChI=1S/C26H28N2O2/c1-30-25(23-15-9-4-10-16-23)26(29)28-19-17-27(18-20-28)24(21-11-5-2-6-12-21)22-13-7-3-8-14-22/h2-16,24-25H,17-20H2,1H3/t25-/m0/s1. The minimum Gasteiger partial charge on any atom is -0.367 e. The Kier molecular flexibility index (Phi) is 6.57. The molecule has 3 aromatic rings. The van der Waals surface area contributed by atoms with E-state index in [4.69, 9.17) is 4.74 Å². The fourth-order valence-electron chi connectivity index (χ4n) is 4.26. The molecule has 0 aliphatic carbocycles. The summed E-state index contributed by atoms with van der Waals surface area (Å²) >= 11 is 0. The zero-order valence-corrected chi connectivity index (χ0v) is 17.4. The van der Waals surface area contributed by atoms with Crippen LogP contribution in [-0.4, -0.2) is 49.0 Å². The maximum absolute atomic E-state index is 13.1. The fourth-order valence-corrected chi connectivity index (χ4v) is 4.26. The lowest BCUT2D eigenvalue weighted by Crippen LogP contribution is -2.51. The van der Waals surface area contributed by atoms with Crippen molar-refractivity contribution in [3.05, 3.63) is 108 Å². The summed E-state index contributed by atoms with van der Waals surface area (Å²) in [5.41, 5.74) is 3.46. The van der Waals surface area contributed by atoms with Gasteiger partial charge >= 0.3 is 0 Å². The van der Waals surface area contributed by atoms with Gasteiger partial charge in [0.05, 0.1) is 6.04 Å². The van der Waals surface area contributed by atoms with Gasteiger partial charge in [0, 0.05) is 33.3 Å². The smallest absolute Gasteiger partial charge is 0.256 e. The summed E-state index contributed by atoms with van der Waals surface area (Å²) in [6.45, 7) is 3.04. The summed E-state index contributed by atoms with van der Waals surface area (Å²) in [6, 6.07) is 31.1. The highest BCUT2D eigenvalue weighted by Crippen LogP contribution is 2.30. The molecule has 0 unspecified atom stereocenters. The first-order valence-electron chi connectivity index (χ1n) is 10.5. The molecule has 1 saturated heterocycles. The number of carbonyl (C=O) groups excluding carboxylic acids is 1. The quantitative estimate of drug-likeness (QED) is 0.618. The van der Waals surface area contributed by atoms with Crippen molar-refractivity contribution in [1.29, 1.82) is 0 Å². The summed E-state index contributed by atoms with van der Waals surface area (Å²) in [4.78, 5) is 17.5. The van der Waals surface area contributed by atoms with E-state index in [9.17, 15) is 4.79 Å². The van der Waals surface area contributed by atoms with E-state index in [2.05, 4.69) is 65.6 Å². The first-order chi connectivity index (χ1) is 14.8. The third-order valence-corrected chi connectivity index (χ3v) is 5.78. The van der Waals surface area contributed by atoms with Gasteiger partial charge in [0.25, 0.3) is 5.91 Å². The predicted octanol–water partition coefficient (Wildman–Crippen LogP) is 4.31. The molecule has 4 heteroatoms. The lowest BCUT2D eigenvalue weighted by molar-refractivity contribution is -0.144. The molecule has 0 saturated carbocycles. The molecule has 0 aromatic heterocycles. The summed E-state index contributed by atoms with van der Waals surface area (Å²) in [6.07, 6.45) is -0.545. The average molecular weight is 401 g/mol. The Balaban J connectivity index is 1.49. The van der Waals surface area contributed by atoms with Gasteiger partial charge in [-0.3, -0.25) is 9.69 Å². The van der Waals surface area contributed by atoms with E-state index < -0.39 is 6.10 Å². The van der Waals surface area contributed by atoms with E-state index in [-0.39, 0.29) is 11.9 Å². The van der Waals surface area contributed by atoms with Gasteiger partial charge in [-0.15, -0.1) is 0 Å². The topological polar surface area (TPSA) is 32.8 Å². The van der Waals surface area contributed by atoms with E-state index in [1.165, 1.54) is 11.1 Å². The second-order valence-electron chi connectivity index (χ2n) is 7.61. The molecule has 1 amide bonds. The first-order valence-corrected chi connectivity index (χ1v) is 10.5. The highest BCUT2D eigenvalue weighted by atomic mass is 16.5. The molecule has 1 atom stereocenters. The minimum absolute atomic E-state index is 0.0410. The molecule has 3 aromatic carbocycles. The van der Waals surface area contributed by atoms with Crippen molar-refractivity contribution >= 4 is 5.91 Å². The number of rotatable bonds is 6. The van der Waals surface area contributed by atoms with Crippen molar-refractivity contribution in [2.75, 3.05) is 33.3 Å². The molecule has 1 aliphatic heterocycles. The van der Waals surface area contributed by atoms with Gasteiger partial charge in [0.15, 0.2) is 6.10 Å². The zero-order valence-electron chi connectivity index (χ0n) is 17.4. The Morgan fingerprint density at radius 3 is 1.57 bits per heavy atom. The van der Waals surface area contributed by atoms with Crippen molar-refractivity contribution < 1.29 is 9.53 Å². The summed E-state index contributed by atoms with van der Waals surface area (Å²) < 4.78 is 5.56. The molecule has 1 aliphatic rings. The fraction of sp³-hybridized carbons (Fsp3) is 0.269. The van der Waals surface area contributed by atoms with Crippen LogP contribution in [0.1, 0.15) is 28.8 Å². The van der Waals surface area contributed by atoms with Crippen molar-refractivity contribution in [3.63, 3.8) is 0 Å². The Morgan fingerprint density at radius 1 is 0.700 bits per heavy atom. The number of carbonyl (C=O) groups is 1. The van der Waals surface area contributed by atoms with Crippen LogP contribution in [0.5, 0.6) is 0 Å². The summed E-state index contributed by atoms with van der Waals surface area (Å²) in [5.74, 6) is 0.0410. The number of nitrogens with zero attached hydrogens (tertiary/aromatic N) is 2. The zero-order chi connectivity index (χ0) is 20.8. The largest absolute Gasteiger partial charge is 0.367 e. The van der Waals surface area contributed by atoms with E-state index in [0.29, 0.717) is 13.1 Å². The molecule has 1 heterocycles. The lowest BCUT2D eigenvalue weighted by atomic mass is 9.96. The molecule has 0 N–H and O–H groups in total. The monoisotopic (exact) mass is 400 g/mol. The molecule has 4 nitrogen and oxygen atoms in total. The van der Waals surface area contributed by atoms with Gasteiger partial charge in [0.2, 0.25) is 0 Å². The van der Waals surface area contributed by atoms with Crippen LogP contribution in [0.3, 0.4) is 0 Å². The molecular weight excluding hydrogens is 372 g/mol. The van der Waals surface area contributed by atoms with Crippen LogP contribution in [0.25, 0.3) is 0 Å². The molecule has 30 heavy (non-hydrogen) atoms. The average Bonchev–Trinajstić information content (AvgIpc) is 2.82. The number of benzene rings is 3. The second-order valence-corrected chi connectivity index (χ2v) is 7.61. The Hall–Kier alpha value is -2.95. The maximum Gasteiger partial charge on any atom is 0.256 e. The Labute approximate surface area is 178 Å². The molecule has 0 bridgehead atoms. The van der Waals surface area contributed by atoms with Crippen LogP contribution in [0.4, 0.5) is 0 Å². The molecule has 4 rings (SSSR count). The van der Waals surface area contributed by atoms with Crippen LogP contribution < -0.4 is 0 Å². The van der Waals surface area contributed by atoms with Crippen LogP contribution in [0.2, 0.25) is 0 Å². The van der Waals surface area contributed by atoms with Crippen molar-refractivity contribution in [2.24, 2.45) is 0 Å². The van der Waals surface area contributed by atoms with Crippen molar-refractivity contribution in [2.45, 2.75) is 12.1 Å². The Bertz CT molecular complexity index is 884. The maximum atomic E-state index is 13.1. The van der Waals surface area contributed by atoms with E-state index in [0.717, 1.165) is 18.7 Å². The summed E-state index contributed by atoms with van der Waals surface area (Å²) in [7, 11) is 1.60. The third-order valence-electron chi connectivity index (χ3n) is 5.78. The number of methoxy groups -OCH3 is 1. The van der Waals surface area contributed by atoms with E-state index >= 15 is 0 Å². The van der Waals surface area contributed by atoms with E-state index in [1.807, 2.05) is 35.2 Å². The van der Waals surface area contributed by atoms with Gasteiger partial charge in [-0.1, -0.05) is 91.0 Å². The number of amides is 1. The minimum atomic E-state index is -0.545. The highest BCUT2D eigenvalue weighted by molar-refractivity contribution is 5.82. The van der Waals surface area contributed by atoms with Crippen LogP contribution in [-0.2, 0) is 9.53 Å². The van der Waals surface area contributed by atoms with Crippen LogP contribution >= 0.6 is 0 Å². The van der Waals surface area contributed by atoms with Crippen molar-refractivity contribution in [3.8, 4) is 0 Å². The lowest BCUT2D eigenvalue weighted by Gasteiger charge is -2.40. The van der Waals surface area contributed by atoms with Gasteiger partial charge in [0.1, 0.15) is 0 Å². The molecule has 0 radical (unpaired) electrons. The van der Waals surface area contributed by atoms with Crippen molar-refractivity contribution in [1.82, 2.24) is 9.80 Å². The molecule has 1 fully saturated rings. The van der Waals surface area contributed by atoms with Gasteiger partial charge in [-0.25, -0.2) is 0 Å². The Morgan fingerprint density at radius 2 is 1.13 bits per heavy atom. The summed E-state index contributed by atoms with van der Waals surface area (Å²) in [5, 5.41) is 0. The van der Waals surface area contributed by atoms with Gasteiger partial charge in [-0.05, 0) is 16.7 Å². The molecule has 154 valence electrons. The van der Waals surface area contributed by atoms with Crippen LogP contribution in [0, 0.1) is 0 Å². The number of ether oxygens (including phenoxy) is 1. The van der Waals surface area contributed by atoms with Gasteiger partial charge < -0.3 is 9.64 Å². The molecular formula is C26H28N2O2. The first kappa shape index (κ1) is 20.3. The van der Waals surface area contributed by atoms with Crippen LogP contribution in [0.15, 0.2) is 91.0 Å². The number of hydrogen-bond acceptors (Lipinski definition) is 3. The van der Waals surface area contributed by atoms with Gasteiger partial charge in [-0.2, -0.15) is 0 Å². The predicted molar refractivity (Wildman–Crippen MR) is 119 cm³/mol. The number of piperazine rings is 1. The van der Waals surface area contributed by atoms with E-state index in [1.54, 1.807) is 7.11 Å².